The highest BCUT2D eigenvalue weighted by Gasteiger charge is 2.14. The first kappa shape index (κ1) is 8.06. The predicted molar refractivity (Wildman–Crippen MR) is 41.6 cm³/mol. The predicted octanol–water partition coefficient (Wildman–Crippen LogP) is 1.05. The maximum Gasteiger partial charge on any atom is 0.382 e. The summed E-state index contributed by atoms with van der Waals surface area (Å²) in [6.07, 6.45) is 3.22. The van der Waals surface area contributed by atoms with E-state index in [-0.39, 0.29) is 5.82 Å². The molecule has 0 fully saturated rings. The summed E-state index contributed by atoms with van der Waals surface area (Å²) in [5.41, 5.74) is 0. The molecule has 1 aromatic rings. The summed E-state index contributed by atoms with van der Waals surface area (Å²) in [6.45, 7) is 0. The van der Waals surface area contributed by atoms with Gasteiger partial charge in [0, 0.05) is 7.05 Å². The van der Waals surface area contributed by atoms with Crippen molar-refractivity contribution in [2.75, 3.05) is 6.26 Å². The topological polar surface area (TPSA) is 61.0 Å². The number of aryl methyl sites for hydroxylation is 1. The molecule has 1 aromatic heterocycles. The van der Waals surface area contributed by atoms with Crippen molar-refractivity contribution in [3.8, 4) is 0 Å². The van der Waals surface area contributed by atoms with Crippen LogP contribution in [0.1, 0.15) is 0 Å². The van der Waals surface area contributed by atoms with Crippen LogP contribution in [-0.4, -0.2) is 20.7 Å². The molecule has 0 aromatic carbocycles. The second kappa shape index (κ2) is 2.91. The van der Waals surface area contributed by atoms with E-state index in [0.717, 1.165) is 0 Å². The van der Waals surface area contributed by atoms with Crippen LogP contribution < -0.4 is 0 Å². The van der Waals surface area contributed by atoms with Gasteiger partial charge in [-0.25, -0.2) is 0 Å². The number of nitrogens with zero attached hydrogens (tertiary/aromatic N) is 3. The SMILES string of the molecule is CSc1nc([N+](=O)[O-])cn1C. The van der Waals surface area contributed by atoms with Crippen molar-refractivity contribution in [2.24, 2.45) is 7.05 Å². The number of thioether (sulfide) groups is 1. The Hall–Kier alpha value is -1.04. The maximum absolute atomic E-state index is 10.2. The van der Waals surface area contributed by atoms with Crippen LogP contribution in [0.4, 0.5) is 5.82 Å². The fourth-order valence-corrected chi connectivity index (χ4v) is 1.24. The number of hydrogen-bond acceptors (Lipinski definition) is 4. The van der Waals surface area contributed by atoms with E-state index in [9.17, 15) is 10.1 Å². The van der Waals surface area contributed by atoms with Gasteiger partial charge >= 0.3 is 5.82 Å². The lowest BCUT2D eigenvalue weighted by atomic mass is 10.8. The Balaban J connectivity index is 3.05. The Morgan fingerprint density at radius 3 is 2.73 bits per heavy atom. The summed E-state index contributed by atoms with van der Waals surface area (Å²) in [7, 11) is 1.73. The van der Waals surface area contributed by atoms with Gasteiger partial charge in [0.15, 0.2) is 0 Å². The van der Waals surface area contributed by atoms with Crippen LogP contribution in [0.2, 0.25) is 0 Å². The first-order valence-corrected chi connectivity index (χ1v) is 4.09. The Bertz CT molecular complexity index is 283. The fourth-order valence-electron chi connectivity index (χ4n) is 0.712. The second-order valence-electron chi connectivity index (χ2n) is 1.95. The molecule has 0 aliphatic carbocycles. The van der Waals surface area contributed by atoms with Gasteiger partial charge in [0.05, 0.1) is 0 Å². The summed E-state index contributed by atoms with van der Waals surface area (Å²) in [4.78, 5) is 13.5. The van der Waals surface area contributed by atoms with Gasteiger partial charge < -0.3 is 14.7 Å². The first-order valence-electron chi connectivity index (χ1n) is 2.87. The average molecular weight is 173 g/mol. The van der Waals surface area contributed by atoms with Crippen molar-refractivity contribution in [2.45, 2.75) is 5.16 Å². The molecular weight excluding hydrogens is 166 g/mol. The molecule has 0 spiro atoms. The van der Waals surface area contributed by atoms with E-state index in [1.165, 1.54) is 18.0 Å². The molecule has 5 nitrogen and oxygen atoms in total. The molecule has 0 unspecified atom stereocenters. The molecule has 0 aliphatic heterocycles. The van der Waals surface area contributed by atoms with Gasteiger partial charge in [-0.05, 0) is 16.2 Å². The molecule has 0 N–H and O–H groups in total. The summed E-state index contributed by atoms with van der Waals surface area (Å²) >= 11 is 1.38. The van der Waals surface area contributed by atoms with Crippen LogP contribution in [0.25, 0.3) is 0 Å². The van der Waals surface area contributed by atoms with E-state index in [1.54, 1.807) is 11.6 Å². The number of rotatable bonds is 2. The van der Waals surface area contributed by atoms with Crippen molar-refractivity contribution in [3.05, 3.63) is 16.3 Å². The van der Waals surface area contributed by atoms with Gasteiger partial charge in [-0.3, -0.25) is 0 Å². The van der Waals surface area contributed by atoms with Crippen LogP contribution in [-0.2, 0) is 7.05 Å². The zero-order valence-electron chi connectivity index (χ0n) is 6.14. The third-order valence-corrected chi connectivity index (χ3v) is 1.94. The van der Waals surface area contributed by atoms with Crippen LogP contribution >= 0.6 is 11.8 Å². The van der Waals surface area contributed by atoms with Gasteiger partial charge in [0.2, 0.25) is 0 Å². The van der Waals surface area contributed by atoms with E-state index < -0.39 is 4.92 Å². The van der Waals surface area contributed by atoms with Crippen molar-refractivity contribution >= 4 is 17.6 Å². The third kappa shape index (κ3) is 1.51. The molecule has 11 heavy (non-hydrogen) atoms. The lowest BCUT2D eigenvalue weighted by molar-refractivity contribution is -0.389. The van der Waals surface area contributed by atoms with Gasteiger partial charge in [0.1, 0.15) is 6.20 Å². The van der Waals surface area contributed by atoms with E-state index in [1.807, 2.05) is 6.26 Å². The number of hydrogen-bond donors (Lipinski definition) is 0. The maximum atomic E-state index is 10.2. The van der Waals surface area contributed by atoms with E-state index in [0.29, 0.717) is 5.16 Å². The molecule has 6 heteroatoms. The highest BCUT2D eigenvalue weighted by atomic mass is 32.2. The molecule has 0 saturated heterocycles. The Kier molecular flexibility index (Phi) is 2.13. The zero-order valence-corrected chi connectivity index (χ0v) is 6.96. The number of nitro groups is 1. The third-order valence-electron chi connectivity index (χ3n) is 1.19. The molecule has 0 saturated carbocycles. The highest BCUT2D eigenvalue weighted by molar-refractivity contribution is 7.98. The second-order valence-corrected chi connectivity index (χ2v) is 2.73. The van der Waals surface area contributed by atoms with Crippen LogP contribution in [0.5, 0.6) is 0 Å². The van der Waals surface area contributed by atoms with Gasteiger partial charge in [0.25, 0.3) is 5.16 Å². The molecule has 60 valence electrons. The summed E-state index contributed by atoms with van der Waals surface area (Å²) in [6, 6.07) is 0. The van der Waals surface area contributed by atoms with Crippen molar-refractivity contribution < 1.29 is 4.92 Å². The quantitative estimate of drug-likeness (QED) is 0.381. The van der Waals surface area contributed by atoms with E-state index >= 15 is 0 Å². The molecule has 0 atom stereocenters. The minimum Gasteiger partial charge on any atom is -0.358 e. The number of aromatic nitrogens is 2. The summed E-state index contributed by atoms with van der Waals surface area (Å²) in [5, 5.41) is 10.9. The molecule has 0 bridgehead atoms. The van der Waals surface area contributed by atoms with E-state index in [2.05, 4.69) is 4.98 Å². The Morgan fingerprint density at radius 2 is 2.45 bits per heavy atom. The average Bonchev–Trinajstić information content (AvgIpc) is 2.31. The molecule has 0 radical (unpaired) electrons. The molecule has 0 aliphatic rings. The largest absolute Gasteiger partial charge is 0.382 e. The van der Waals surface area contributed by atoms with Gasteiger partial charge in [-0.2, -0.15) is 0 Å². The van der Waals surface area contributed by atoms with Crippen LogP contribution in [0.3, 0.4) is 0 Å². The Labute approximate surface area is 67.6 Å². The lowest BCUT2D eigenvalue weighted by Crippen LogP contribution is -1.86. The van der Waals surface area contributed by atoms with Gasteiger partial charge in [-0.1, -0.05) is 11.8 Å². The zero-order chi connectivity index (χ0) is 8.43. The minimum absolute atomic E-state index is 0.100. The normalized spacial score (nSPS) is 10.0. The van der Waals surface area contributed by atoms with Gasteiger partial charge in [-0.15, -0.1) is 0 Å². The lowest BCUT2D eigenvalue weighted by Gasteiger charge is -1.86. The smallest absolute Gasteiger partial charge is 0.358 e. The standard InChI is InChI=1S/C5H7N3O2S/c1-7-3-4(8(9)10)6-5(7)11-2/h3H,1-2H3. The van der Waals surface area contributed by atoms with Crippen LogP contribution in [0.15, 0.2) is 11.4 Å². The first-order chi connectivity index (χ1) is 5.15. The molecule has 1 heterocycles. The monoisotopic (exact) mass is 173 g/mol. The van der Waals surface area contributed by atoms with Crippen molar-refractivity contribution in [1.29, 1.82) is 0 Å². The Morgan fingerprint density at radius 1 is 1.82 bits per heavy atom. The van der Waals surface area contributed by atoms with E-state index in [4.69, 9.17) is 0 Å². The number of imidazole rings is 1. The van der Waals surface area contributed by atoms with Crippen molar-refractivity contribution in [1.82, 2.24) is 9.55 Å². The van der Waals surface area contributed by atoms with Crippen molar-refractivity contribution in [3.63, 3.8) is 0 Å². The highest BCUT2D eigenvalue weighted by Crippen LogP contribution is 2.16. The minimum atomic E-state index is -0.500. The fraction of sp³-hybridized carbons (Fsp3) is 0.400. The molecular formula is C5H7N3O2S. The summed E-state index contributed by atoms with van der Waals surface area (Å²) < 4.78 is 1.63. The molecule has 1 rings (SSSR count). The summed E-state index contributed by atoms with van der Waals surface area (Å²) in [5.74, 6) is -0.100. The molecule has 0 amide bonds. The van der Waals surface area contributed by atoms with Crippen LogP contribution in [0, 0.1) is 10.1 Å².